The zero-order chi connectivity index (χ0) is 21.1. The van der Waals surface area contributed by atoms with Gasteiger partial charge in [0.1, 0.15) is 0 Å². The summed E-state index contributed by atoms with van der Waals surface area (Å²) in [6.07, 6.45) is 1.91. The number of methoxy groups -OCH3 is 2. The number of amides is 2. The Bertz CT molecular complexity index is 818. The van der Waals surface area contributed by atoms with Crippen molar-refractivity contribution in [3.63, 3.8) is 0 Å². The summed E-state index contributed by atoms with van der Waals surface area (Å²) in [6, 6.07) is 8.61. The normalized spacial score (nSPS) is 10.1. The van der Waals surface area contributed by atoms with Crippen LogP contribution in [0, 0.1) is 0 Å². The van der Waals surface area contributed by atoms with Gasteiger partial charge in [-0.1, -0.05) is 6.07 Å². The van der Waals surface area contributed by atoms with E-state index in [2.05, 4.69) is 10.6 Å². The standard InChI is InChI=1S/C20H24N2O7/c1-26-15-6-5-14(12-17(15)27-2)7-9-21-18(23)13-29-19(24)8-10-22-20(25)16-4-3-11-28-16/h3-6,11-12H,7-10,13H2,1-2H3,(H,21,23)(H,22,25). The second-order valence-electron chi connectivity index (χ2n) is 5.93. The van der Waals surface area contributed by atoms with Crippen molar-refractivity contribution in [3.8, 4) is 11.5 Å². The molecular formula is C20H24N2O7. The van der Waals surface area contributed by atoms with Gasteiger partial charge in [0, 0.05) is 13.1 Å². The van der Waals surface area contributed by atoms with Gasteiger partial charge < -0.3 is 29.3 Å². The summed E-state index contributed by atoms with van der Waals surface area (Å²) < 4.78 is 20.2. The molecule has 0 saturated carbocycles. The van der Waals surface area contributed by atoms with Crippen molar-refractivity contribution >= 4 is 17.8 Å². The van der Waals surface area contributed by atoms with E-state index < -0.39 is 17.8 Å². The molecule has 0 radical (unpaired) electrons. The largest absolute Gasteiger partial charge is 0.493 e. The number of hydrogen-bond donors (Lipinski definition) is 2. The second-order valence-corrected chi connectivity index (χ2v) is 5.93. The molecule has 29 heavy (non-hydrogen) atoms. The van der Waals surface area contributed by atoms with Crippen LogP contribution in [0.4, 0.5) is 0 Å². The fraction of sp³-hybridized carbons (Fsp3) is 0.350. The van der Waals surface area contributed by atoms with E-state index in [9.17, 15) is 14.4 Å². The Labute approximate surface area is 168 Å². The number of carbonyl (C=O) groups excluding carboxylic acids is 3. The van der Waals surface area contributed by atoms with Crippen LogP contribution in [0.5, 0.6) is 11.5 Å². The highest BCUT2D eigenvalue weighted by atomic mass is 16.5. The van der Waals surface area contributed by atoms with Crippen molar-refractivity contribution in [1.29, 1.82) is 0 Å². The third-order valence-electron chi connectivity index (χ3n) is 3.91. The molecule has 2 N–H and O–H groups in total. The van der Waals surface area contributed by atoms with Crippen LogP contribution >= 0.6 is 0 Å². The number of carbonyl (C=O) groups is 3. The number of hydrogen-bond acceptors (Lipinski definition) is 7. The van der Waals surface area contributed by atoms with E-state index in [1.807, 2.05) is 12.1 Å². The Morgan fingerprint density at radius 1 is 1.00 bits per heavy atom. The van der Waals surface area contributed by atoms with Crippen LogP contribution < -0.4 is 20.1 Å². The fourth-order valence-corrected chi connectivity index (χ4v) is 2.42. The Kier molecular flexibility index (Phi) is 8.55. The van der Waals surface area contributed by atoms with Gasteiger partial charge >= 0.3 is 5.97 Å². The van der Waals surface area contributed by atoms with Gasteiger partial charge in [-0.15, -0.1) is 0 Å². The molecule has 2 rings (SSSR count). The molecule has 0 saturated heterocycles. The van der Waals surface area contributed by atoms with Gasteiger partial charge in [0.2, 0.25) is 0 Å². The Morgan fingerprint density at radius 3 is 2.48 bits per heavy atom. The highest BCUT2D eigenvalue weighted by molar-refractivity contribution is 5.91. The van der Waals surface area contributed by atoms with Crippen molar-refractivity contribution in [3.05, 3.63) is 47.9 Å². The third kappa shape index (κ3) is 7.21. The predicted octanol–water partition coefficient (Wildman–Crippen LogP) is 1.32. The summed E-state index contributed by atoms with van der Waals surface area (Å²) in [5, 5.41) is 5.20. The summed E-state index contributed by atoms with van der Waals surface area (Å²) in [5.74, 6) is -0.00175. The molecule has 1 heterocycles. The molecule has 0 spiro atoms. The van der Waals surface area contributed by atoms with Gasteiger partial charge in [0.25, 0.3) is 11.8 Å². The molecule has 0 aliphatic rings. The van der Waals surface area contributed by atoms with Crippen molar-refractivity contribution < 1.29 is 33.0 Å². The van der Waals surface area contributed by atoms with Gasteiger partial charge in [0.05, 0.1) is 26.9 Å². The van der Waals surface area contributed by atoms with E-state index in [1.165, 1.54) is 12.3 Å². The first-order valence-corrected chi connectivity index (χ1v) is 8.98. The molecule has 0 bridgehead atoms. The smallest absolute Gasteiger partial charge is 0.308 e. The summed E-state index contributed by atoms with van der Waals surface area (Å²) >= 11 is 0. The first-order valence-electron chi connectivity index (χ1n) is 8.98. The van der Waals surface area contributed by atoms with Crippen LogP contribution in [0.25, 0.3) is 0 Å². The Balaban J connectivity index is 1.60. The van der Waals surface area contributed by atoms with E-state index in [4.69, 9.17) is 18.6 Å². The first kappa shape index (κ1) is 21.8. The van der Waals surface area contributed by atoms with Crippen molar-refractivity contribution in [2.45, 2.75) is 12.8 Å². The number of esters is 1. The van der Waals surface area contributed by atoms with E-state index in [1.54, 1.807) is 26.4 Å². The highest BCUT2D eigenvalue weighted by Gasteiger charge is 2.11. The molecule has 0 fully saturated rings. The highest BCUT2D eigenvalue weighted by Crippen LogP contribution is 2.27. The lowest BCUT2D eigenvalue weighted by atomic mass is 10.1. The van der Waals surface area contributed by atoms with E-state index in [0.717, 1.165) is 5.56 Å². The van der Waals surface area contributed by atoms with Gasteiger partial charge in [-0.25, -0.2) is 0 Å². The maximum atomic E-state index is 11.8. The molecule has 0 aliphatic carbocycles. The summed E-state index contributed by atoms with van der Waals surface area (Å²) in [7, 11) is 3.12. The van der Waals surface area contributed by atoms with Crippen LogP contribution in [0.15, 0.2) is 41.0 Å². The third-order valence-corrected chi connectivity index (χ3v) is 3.91. The number of benzene rings is 1. The van der Waals surface area contributed by atoms with Gasteiger partial charge in [-0.05, 0) is 36.2 Å². The molecule has 0 unspecified atom stereocenters. The molecule has 156 valence electrons. The maximum Gasteiger partial charge on any atom is 0.308 e. The van der Waals surface area contributed by atoms with Gasteiger partial charge in [-0.2, -0.15) is 0 Å². The minimum atomic E-state index is -0.584. The van der Waals surface area contributed by atoms with E-state index >= 15 is 0 Å². The second kappa shape index (κ2) is 11.4. The van der Waals surface area contributed by atoms with E-state index in [-0.39, 0.29) is 25.3 Å². The summed E-state index contributed by atoms with van der Waals surface area (Å²) in [6.45, 7) is 0.0846. The summed E-state index contributed by atoms with van der Waals surface area (Å²) in [4.78, 5) is 35.1. The molecule has 0 atom stereocenters. The Morgan fingerprint density at radius 2 is 1.79 bits per heavy atom. The maximum absolute atomic E-state index is 11.8. The van der Waals surface area contributed by atoms with Crippen molar-refractivity contribution in [2.75, 3.05) is 33.9 Å². The molecule has 2 aromatic rings. The molecule has 1 aromatic carbocycles. The van der Waals surface area contributed by atoms with Crippen LogP contribution in [-0.2, 0) is 20.7 Å². The molecule has 1 aromatic heterocycles. The zero-order valence-electron chi connectivity index (χ0n) is 16.4. The zero-order valence-corrected chi connectivity index (χ0v) is 16.4. The minimum absolute atomic E-state index is 0.0502. The van der Waals surface area contributed by atoms with Gasteiger partial charge in [-0.3, -0.25) is 14.4 Å². The monoisotopic (exact) mass is 404 g/mol. The lowest BCUT2D eigenvalue weighted by molar-refractivity contribution is -0.148. The SMILES string of the molecule is COc1ccc(CCNC(=O)COC(=O)CCNC(=O)c2ccco2)cc1OC. The van der Waals surface area contributed by atoms with E-state index in [0.29, 0.717) is 24.5 Å². The lowest BCUT2D eigenvalue weighted by Gasteiger charge is -2.10. The van der Waals surface area contributed by atoms with Crippen molar-refractivity contribution in [1.82, 2.24) is 10.6 Å². The fourth-order valence-electron chi connectivity index (χ4n) is 2.42. The predicted molar refractivity (Wildman–Crippen MR) is 103 cm³/mol. The van der Waals surface area contributed by atoms with Crippen LogP contribution in [-0.4, -0.2) is 51.7 Å². The molecular weight excluding hydrogens is 380 g/mol. The minimum Gasteiger partial charge on any atom is -0.493 e. The molecule has 9 nitrogen and oxygen atoms in total. The number of rotatable bonds is 11. The first-order chi connectivity index (χ1) is 14.0. The molecule has 0 aliphatic heterocycles. The topological polar surface area (TPSA) is 116 Å². The van der Waals surface area contributed by atoms with Crippen LogP contribution in [0.3, 0.4) is 0 Å². The Hall–Kier alpha value is -3.49. The average Bonchev–Trinajstić information content (AvgIpc) is 3.27. The number of ether oxygens (including phenoxy) is 3. The molecule has 2 amide bonds. The van der Waals surface area contributed by atoms with Crippen LogP contribution in [0.2, 0.25) is 0 Å². The lowest BCUT2D eigenvalue weighted by Crippen LogP contribution is -2.31. The average molecular weight is 404 g/mol. The summed E-state index contributed by atoms with van der Waals surface area (Å²) in [5.41, 5.74) is 0.965. The quantitative estimate of drug-likeness (QED) is 0.543. The molecule has 9 heteroatoms. The number of nitrogens with one attached hydrogen (secondary N) is 2. The van der Waals surface area contributed by atoms with Gasteiger partial charge in [0.15, 0.2) is 23.9 Å². The number of furan rings is 1. The van der Waals surface area contributed by atoms with Crippen LogP contribution in [0.1, 0.15) is 22.5 Å². The van der Waals surface area contributed by atoms with Crippen molar-refractivity contribution in [2.24, 2.45) is 0 Å².